The van der Waals surface area contributed by atoms with Crippen molar-refractivity contribution < 1.29 is 13.2 Å². The van der Waals surface area contributed by atoms with E-state index in [0.717, 1.165) is 18.9 Å². The van der Waals surface area contributed by atoms with Gasteiger partial charge in [-0.2, -0.15) is 13.2 Å². The van der Waals surface area contributed by atoms with Crippen molar-refractivity contribution >= 4 is 15.9 Å². The van der Waals surface area contributed by atoms with Gasteiger partial charge in [0.05, 0.1) is 5.56 Å². The average Bonchev–Trinajstić information content (AvgIpc) is 2.37. The molecule has 0 aliphatic heterocycles. The van der Waals surface area contributed by atoms with E-state index in [1.54, 1.807) is 12.1 Å². The van der Waals surface area contributed by atoms with E-state index in [4.69, 9.17) is 0 Å². The predicted molar refractivity (Wildman–Crippen MR) is 72.9 cm³/mol. The molecule has 0 radical (unpaired) electrons. The first-order chi connectivity index (χ1) is 8.97. The molecule has 1 fully saturated rings. The third-order valence-corrected chi connectivity index (χ3v) is 4.06. The van der Waals surface area contributed by atoms with E-state index < -0.39 is 11.7 Å². The minimum absolute atomic E-state index is 0.285. The zero-order valence-corrected chi connectivity index (χ0v) is 12.1. The van der Waals surface area contributed by atoms with Crippen molar-refractivity contribution in [2.45, 2.75) is 50.9 Å². The van der Waals surface area contributed by atoms with Crippen molar-refractivity contribution in [1.82, 2.24) is 5.32 Å². The van der Waals surface area contributed by atoms with Gasteiger partial charge in [0.25, 0.3) is 0 Å². The first-order valence-electron chi connectivity index (χ1n) is 6.56. The van der Waals surface area contributed by atoms with Gasteiger partial charge in [-0.1, -0.05) is 41.3 Å². The molecule has 5 heteroatoms. The van der Waals surface area contributed by atoms with Gasteiger partial charge in [-0.15, -0.1) is 0 Å². The van der Waals surface area contributed by atoms with Gasteiger partial charge in [-0.25, -0.2) is 0 Å². The highest BCUT2D eigenvalue weighted by Gasteiger charge is 2.33. The maximum absolute atomic E-state index is 12.9. The molecule has 0 heterocycles. The molecule has 1 aromatic rings. The second kappa shape index (κ2) is 6.27. The maximum Gasteiger partial charge on any atom is 0.416 e. The topological polar surface area (TPSA) is 12.0 Å². The number of hydrogen-bond donors (Lipinski definition) is 1. The van der Waals surface area contributed by atoms with Crippen LogP contribution < -0.4 is 5.32 Å². The Morgan fingerprint density at radius 3 is 2.47 bits per heavy atom. The maximum atomic E-state index is 12.9. The van der Waals surface area contributed by atoms with E-state index in [-0.39, 0.29) is 6.54 Å². The Kier molecular flexibility index (Phi) is 4.90. The van der Waals surface area contributed by atoms with Crippen LogP contribution in [0.3, 0.4) is 0 Å². The van der Waals surface area contributed by atoms with Gasteiger partial charge < -0.3 is 5.32 Å². The van der Waals surface area contributed by atoms with E-state index in [1.807, 2.05) is 0 Å². The number of benzene rings is 1. The number of hydrogen-bond acceptors (Lipinski definition) is 1. The Morgan fingerprint density at radius 1 is 1.16 bits per heavy atom. The molecule has 1 aliphatic rings. The molecule has 0 unspecified atom stereocenters. The summed E-state index contributed by atoms with van der Waals surface area (Å²) < 4.78 is 39.3. The summed E-state index contributed by atoms with van der Waals surface area (Å²) in [5, 5.41) is 3.25. The van der Waals surface area contributed by atoms with Crippen LogP contribution in [0.15, 0.2) is 22.7 Å². The molecule has 0 aromatic heterocycles. The molecular weight excluding hydrogens is 319 g/mol. The van der Waals surface area contributed by atoms with Gasteiger partial charge in [-0.3, -0.25) is 0 Å². The van der Waals surface area contributed by atoms with Crippen LogP contribution >= 0.6 is 15.9 Å². The lowest BCUT2D eigenvalue weighted by Crippen LogP contribution is -2.31. The molecule has 2 rings (SSSR count). The minimum Gasteiger partial charge on any atom is -0.310 e. The molecule has 0 bridgehead atoms. The van der Waals surface area contributed by atoms with Gasteiger partial charge >= 0.3 is 6.18 Å². The summed E-state index contributed by atoms with van der Waals surface area (Å²) in [6.45, 7) is 0.285. The van der Waals surface area contributed by atoms with Crippen LogP contribution in [0.1, 0.15) is 43.2 Å². The second-order valence-electron chi connectivity index (χ2n) is 5.02. The molecule has 19 heavy (non-hydrogen) atoms. The van der Waals surface area contributed by atoms with Crippen molar-refractivity contribution in [2.75, 3.05) is 0 Å². The monoisotopic (exact) mass is 335 g/mol. The van der Waals surface area contributed by atoms with Crippen molar-refractivity contribution in [3.8, 4) is 0 Å². The molecule has 1 aromatic carbocycles. The van der Waals surface area contributed by atoms with E-state index in [2.05, 4.69) is 21.2 Å². The Labute approximate surface area is 119 Å². The Bertz CT molecular complexity index is 425. The lowest BCUT2D eigenvalue weighted by atomic mass is 9.95. The van der Waals surface area contributed by atoms with Crippen LogP contribution in [0.4, 0.5) is 13.2 Å². The van der Waals surface area contributed by atoms with Gasteiger partial charge in [0, 0.05) is 17.1 Å². The SMILES string of the molecule is FC(F)(F)c1cc(Br)ccc1CNC1CCCCC1. The van der Waals surface area contributed by atoms with Crippen molar-refractivity contribution in [3.05, 3.63) is 33.8 Å². The fourth-order valence-corrected chi connectivity index (χ4v) is 2.89. The Balaban J connectivity index is 2.06. The van der Waals surface area contributed by atoms with Crippen LogP contribution in [-0.4, -0.2) is 6.04 Å². The summed E-state index contributed by atoms with van der Waals surface area (Å²) in [7, 11) is 0. The van der Waals surface area contributed by atoms with Crippen LogP contribution in [-0.2, 0) is 12.7 Å². The summed E-state index contributed by atoms with van der Waals surface area (Å²) in [5.41, 5.74) is -0.230. The molecule has 1 saturated carbocycles. The summed E-state index contributed by atoms with van der Waals surface area (Å²) >= 11 is 3.10. The summed E-state index contributed by atoms with van der Waals surface area (Å²) in [5.74, 6) is 0. The molecule has 0 saturated heterocycles. The number of nitrogens with one attached hydrogen (secondary N) is 1. The number of rotatable bonds is 3. The quantitative estimate of drug-likeness (QED) is 0.829. The van der Waals surface area contributed by atoms with Crippen LogP contribution in [0, 0.1) is 0 Å². The largest absolute Gasteiger partial charge is 0.416 e. The average molecular weight is 336 g/mol. The zero-order valence-electron chi connectivity index (χ0n) is 10.6. The molecular formula is C14H17BrF3N. The Morgan fingerprint density at radius 2 is 1.84 bits per heavy atom. The highest BCUT2D eigenvalue weighted by molar-refractivity contribution is 9.10. The standard InChI is InChI=1S/C14H17BrF3N/c15-11-7-6-10(13(8-11)14(16,17)18)9-19-12-4-2-1-3-5-12/h6-8,12,19H,1-5,9H2. The zero-order chi connectivity index (χ0) is 13.9. The first-order valence-corrected chi connectivity index (χ1v) is 7.35. The molecule has 1 nitrogen and oxygen atoms in total. The van der Waals surface area contributed by atoms with E-state index in [1.165, 1.54) is 19.3 Å². The third kappa shape index (κ3) is 4.21. The first kappa shape index (κ1) is 14.9. The fourth-order valence-electron chi connectivity index (χ4n) is 2.53. The minimum atomic E-state index is -4.30. The van der Waals surface area contributed by atoms with E-state index in [0.29, 0.717) is 16.1 Å². The smallest absolute Gasteiger partial charge is 0.310 e. The lowest BCUT2D eigenvalue weighted by Gasteiger charge is -2.23. The summed E-state index contributed by atoms with van der Waals surface area (Å²) in [6, 6.07) is 4.71. The van der Waals surface area contributed by atoms with Crippen molar-refractivity contribution in [3.63, 3.8) is 0 Å². The second-order valence-corrected chi connectivity index (χ2v) is 5.93. The van der Waals surface area contributed by atoms with Crippen LogP contribution in [0.25, 0.3) is 0 Å². The lowest BCUT2D eigenvalue weighted by molar-refractivity contribution is -0.138. The van der Waals surface area contributed by atoms with Gasteiger partial charge in [-0.05, 0) is 30.5 Å². The normalized spacial score (nSPS) is 17.7. The van der Waals surface area contributed by atoms with Crippen LogP contribution in [0.2, 0.25) is 0 Å². The van der Waals surface area contributed by atoms with Crippen molar-refractivity contribution in [2.24, 2.45) is 0 Å². The van der Waals surface area contributed by atoms with Crippen molar-refractivity contribution in [1.29, 1.82) is 0 Å². The molecule has 106 valence electrons. The summed E-state index contributed by atoms with van der Waals surface area (Å²) in [6.07, 6.45) is 1.42. The van der Waals surface area contributed by atoms with E-state index >= 15 is 0 Å². The highest BCUT2D eigenvalue weighted by Crippen LogP contribution is 2.34. The fraction of sp³-hybridized carbons (Fsp3) is 0.571. The van der Waals surface area contributed by atoms with Gasteiger partial charge in [0.2, 0.25) is 0 Å². The number of alkyl halides is 3. The van der Waals surface area contributed by atoms with E-state index in [9.17, 15) is 13.2 Å². The number of halogens is 4. The molecule has 1 aliphatic carbocycles. The van der Waals surface area contributed by atoms with Gasteiger partial charge in [0.15, 0.2) is 0 Å². The molecule has 0 amide bonds. The molecule has 0 atom stereocenters. The molecule has 1 N–H and O–H groups in total. The summed E-state index contributed by atoms with van der Waals surface area (Å²) in [4.78, 5) is 0. The van der Waals surface area contributed by atoms with Gasteiger partial charge in [0.1, 0.15) is 0 Å². The highest BCUT2D eigenvalue weighted by atomic mass is 79.9. The predicted octanol–water partition coefficient (Wildman–Crippen LogP) is 4.89. The Hall–Kier alpha value is -0.550. The van der Waals surface area contributed by atoms with Crippen LogP contribution in [0.5, 0.6) is 0 Å². The third-order valence-electron chi connectivity index (χ3n) is 3.56. The molecule has 0 spiro atoms.